The summed E-state index contributed by atoms with van der Waals surface area (Å²) in [5.74, 6) is -2.05. The van der Waals surface area contributed by atoms with Crippen molar-refractivity contribution in [2.45, 2.75) is 0 Å². The third-order valence-corrected chi connectivity index (χ3v) is 2.49. The van der Waals surface area contributed by atoms with E-state index >= 15 is 0 Å². The van der Waals surface area contributed by atoms with Crippen LogP contribution in [0.4, 0.5) is 0 Å². The molecule has 2 aromatic rings. The van der Waals surface area contributed by atoms with Crippen molar-refractivity contribution in [2.75, 3.05) is 0 Å². The zero-order chi connectivity index (χ0) is 15.8. The predicted octanol–water partition coefficient (Wildman–Crippen LogP) is 0.449. The van der Waals surface area contributed by atoms with E-state index in [9.17, 15) is 9.59 Å². The molecule has 4 N–H and O–H groups in total. The van der Waals surface area contributed by atoms with Crippen molar-refractivity contribution in [3.8, 4) is 0 Å². The van der Waals surface area contributed by atoms with Gasteiger partial charge in [0.15, 0.2) is 0 Å². The van der Waals surface area contributed by atoms with E-state index in [-0.39, 0.29) is 11.0 Å². The second-order valence-corrected chi connectivity index (χ2v) is 3.94. The molecular weight excluding hydrogens is 275 g/mol. The van der Waals surface area contributed by atoms with Gasteiger partial charge >= 0.3 is 19.1 Å². The first-order valence-corrected chi connectivity index (χ1v) is 5.90. The van der Waals surface area contributed by atoms with Gasteiger partial charge in [-0.2, -0.15) is 0 Å². The molecule has 0 amide bonds. The Hall–Kier alpha value is -2.64. The number of carboxylic acid groups (broad SMARTS) is 2. The highest BCUT2D eigenvalue weighted by atomic mass is 16.4. The Kier molecular flexibility index (Phi) is 6.13. The van der Waals surface area contributed by atoms with Crippen LogP contribution in [0.5, 0.6) is 0 Å². The molecule has 0 radical (unpaired) electrons. The summed E-state index contributed by atoms with van der Waals surface area (Å²) in [6.45, 7) is 0. The van der Waals surface area contributed by atoms with Crippen LogP contribution in [0.2, 0.25) is 0 Å². The topological polar surface area (TPSA) is 115 Å². The van der Waals surface area contributed by atoms with Crippen LogP contribution in [0.1, 0.15) is 20.7 Å². The van der Waals surface area contributed by atoms with Crippen molar-refractivity contribution in [2.24, 2.45) is 0 Å². The normalized spacial score (nSPS) is 9.24. The van der Waals surface area contributed by atoms with Crippen LogP contribution < -0.4 is 5.46 Å². The van der Waals surface area contributed by atoms with Crippen LogP contribution in [0.15, 0.2) is 54.6 Å². The van der Waals surface area contributed by atoms with Crippen LogP contribution in [-0.4, -0.2) is 39.3 Å². The van der Waals surface area contributed by atoms with Crippen LogP contribution in [0, 0.1) is 0 Å². The standard InChI is InChI=1S/C7H7BO4.C7H6O2/c9-7(10)5-3-1-2-4-6(5)8(11)12;8-7(9)6-4-2-1-3-5-6/h1-4,11-12H,(H,9,10);1-5H,(H,8,9). The summed E-state index contributed by atoms with van der Waals surface area (Å²) in [4.78, 5) is 20.7. The van der Waals surface area contributed by atoms with Crippen molar-refractivity contribution in [1.82, 2.24) is 0 Å². The fourth-order valence-electron chi connectivity index (χ4n) is 1.50. The van der Waals surface area contributed by atoms with E-state index in [2.05, 4.69) is 0 Å². The molecule has 6 nitrogen and oxygen atoms in total. The maximum absolute atomic E-state index is 10.5. The Morgan fingerprint density at radius 3 is 1.67 bits per heavy atom. The molecule has 2 aromatic carbocycles. The Labute approximate surface area is 121 Å². The minimum absolute atomic E-state index is 0.00463. The predicted molar refractivity (Wildman–Crippen MR) is 76.6 cm³/mol. The first-order valence-electron chi connectivity index (χ1n) is 5.90. The lowest BCUT2D eigenvalue weighted by Crippen LogP contribution is -2.34. The van der Waals surface area contributed by atoms with E-state index in [1.807, 2.05) is 0 Å². The molecule has 0 aliphatic heterocycles. The quantitative estimate of drug-likeness (QED) is 0.609. The molecule has 0 bridgehead atoms. The largest absolute Gasteiger partial charge is 0.489 e. The summed E-state index contributed by atoms with van der Waals surface area (Å²) >= 11 is 0. The van der Waals surface area contributed by atoms with E-state index in [4.69, 9.17) is 20.3 Å². The molecule has 0 unspecified atom stereocenters. The van der Waals surface area contributed by atoms with Gasteiger partial charge in [0, 0.05) is 0 Å². The van der Waals surface area contributed by atoms with E-state index in [1.54, 1.807) is 36.4 Å². The number of rotatable bonds is 3. The lowest BCUT2D eigenvalue weighted by molar-refractivity contribution is 0.0686. The average Bonchev–Trinajstić information content (AvgIpc) is 2.48. The molecule has 0 spiro atoms. The fraction of sp³-hybridized carbons (Fsp3) is 0. The molecule has 0 aliphatic rings. The SMILES string of the molecule is O=C(O)c1ccccc1.O=C(O)c1ccccc1B(O)O. The van der Waals surface area contributed by atoms with Gasteiger partial charge < -0.3 is 20.3 Å². The number of carbonyl (C=O) groups is 2. The number of hydrogen-bond donors (Lipinski definition) is 4. The van der Waals surface area contributed by atoms with Crippen LogP contribution in [0.3, 0.4) is 0 Å². The maximum atomic E-state index is 10.5. The second kappa shape index (κ2) is 7.83. The van der Waals surface area contributed by atoms with Gasteiger partial charge in [0.1, 0.15) is 0 Å². The molecule has 0 saturated heterocycles. The molecule has 0 atom stereocenters. The Morgan fingerprint density at radius 1 is 0.762 bits per heavy atom. The zero-order valence-electron chi connectivity index (χ0n) is 10.9. The number of hydrogen-bond acceptors (Lipinski definition) is 4. The molecule has 2 rings (SSSR count). The van der Waals surface area contributed by atoms with Crippen molar-refractivity contribution in [3.05, 3.63) is 65.7 Å². The highest BCUT2D eigenvalue weighted by Gasteiger charge is 2.18. The lowest BCUT2D eigenvalue weighted by atomic mass is 9.77. The number of benzene rings is 2. The fourth-order valence-corrected chi connectivity index (χ4v) is 1.50. The lowest BCUT2D eigenvalue weighted by Gasteiger charge is -2.02. The maximum Gasteiger partial charge on any atom is 0.489 e. The minimum Gasteiger partial charge on any atom is -0.478 e. The molecular formula is C14H13BO6. The highest BCUT2D eigenvalue weighted by Crippen LogP contribution is 1.96. The zero-order valence-corrected chi connectivity index (χ0v) is 10.9. The highest BCUT2D eigenvalue weighted by molar-refractivity contribution is 6.60. The van der Waals surface area contributed by atoms with Crippen molar-refractivity contribution < 1.29 is 29.9 Å². The Bertz CT molecular complexity index is 612. The molecule has 0 heterocycles. The van der Waals surface area contributed by atoms with E-state index in [0.717, 1.165) is 0 Å². The first kappa shape index (κ1) is 16.4. The Morgan fingerprint density at radius 2 is 1.29 bits per heavy atom. The van der Waals surface area contributed by atoms with Crippen LogP contribution in [0.25, 0.3) is 0 Å². The number of carboxylic acids is 2. The van der Waals surface area contributed by atoms with Crippen LogP contribution >= 0.6 is 0 Å². The molecule has 21 heavy (non-hydrogen) atoms. The summed E-state index contributed by atoms with van der Waals surface area (Å²) in [5, 5.41) is 34.5. The molecule has 0 aromatic heterocycles. The van der Waals surface area contributed by atoms with Gasteiger partial charge in [0.25, 0.3) is 0 Å². The van der Waals surface area contributed by atoms with Gasteiger partial charge in [-0.05, 0) is 23.7 Å². The summed E-state index contributed by atoms with van der Waals surface area (Å²) < 4.78 is 0. The summed E-state index contributed by atoms with van der Waals surface area (Å²) in [6.07, 6.45) is 0. The number of aromatic carboxylic acids is 2. The molecule has 108 valence electrons. The third kappa shape index (κ3) is 5.10. The van der Waals surface area contributed by atoms with Crippen molar-refractivity contribution in [1.29, 1.82) is 0 Å². The van der Waals surface area contributed by atoms with E-state index in [0.29, 0.717) is 5.56 Å². The molecule has 7 heteroatoms. The van der Waals surface area contributed by atoms with Crippen molar-refractivity contribution in [3.63, 3.8) is 0 Å². The summed E-state index contributed by atoms with van der Waals surface area (Å²) in [6, 6.07) is 14.0. The van der Waals surface area contributed by atoms with Gasteiger partial charge in [-0.3, -0.25) is 0 Å². The van der Waals surface area contributed by atoms with Crippen LogP contribution in [-0.2, 0) is 0 Å². The van der Waals surface area contributed by atoms with Gasteiger partial charge in [-0.15, -0.1) is 0 Å². The first-order chi connectivity index (χ1) is 9.93. The van der Waals surface area contributed by atoms with Gasteiger partial charge in [0.05, 0.1) is 11.1 Å². The van der Waals surface area contributed by atoms with E-state index in [1.165, 1.54) is 18.2 Å². The third-order valence-electron chi connectivity index (χ3n) is 2.49. The molecule has 0 aliphatic carbocycles. The second-order valence-electron chi connectivity index (χ2n) is 3.94. The van der Waals surface area contributed by atoms with Gasteiger partial charge in [-0.1, -0.05) is 36.4 Å². The Balaban J connectivity index is 0.000000219. The van der Waals surface area contributed by atoms with Crippen molar-refractivity contribution >= 4 is 24.5 Å². The average molecular weight is 288 g/mol. The van der Waals surface area contributed by atoms with Gasteiger partial charge in [-0.25, -0.2) is 9.59 Å². The molecule has 0 saturated carbocycles. The summed E-state index contributed by atoms with van der Waals surface area (Å²) in [7, 11) is -1.74. The molecule has 0 fully saturated rings. The smallest absolute Gasteiger partial charge is 0.478 e. The minimum atomic E-state index is -1.74. The monoisotopic (exact) mass is 288 g/mol. The van der Waals surface area contributed by atoms with E-state index < -0.39 is 19.1 Å². The van der Waals surface area contributed by atoms with Gasteiger partial charge in [0.2, 0.25) is 0 Å². The summed E-state index contributed by atoms with van der Waals surface area (Å²) in [5.41, 5.74) is 0.245.